The van der Waals surface area contributed by atoms with Crippen molar-refractivity contribution in [2.45, 2.75) is 18.8 Å². The molecule has 19 heavy (non-hydrogen) atoms. The van der Waals surface area contributed by atoms with Gasteiger partial charge in [-0.05, 0) is 30.4 Å². The summed E-state index contributed by atoms with van der Waals surface area (Å²) in [7, 11) is -1.54. The second-order valence-corrected chi connectivity index (χ2v) is 7.71. The molecule has 0 radical (unpaired) electrons. The molecule has 0 unspecified atom stereocenters. The van der Waals surface area contributed by atoms with Gasteiger partial charge in [-0.15, -0.1) is 9.58 Å². The summed E-state index contributed by atoms with van der Waals surface area (Å²) in [5.41, 5.74) is 2.68. The van der Waals surface area contributed by atoms with Crippen molar-refractivity contribution in [3.63, 3.8) is 0 Å². The summed E-state index contributed by atoms with van der Waals surface area (Å²) in [5, 5.41) is 7.40. The third-order valence-corrected chi connectivity index (χ3v) is 5.42. The maximum absolute atomic E-state index is 6.05. The highest BCUT2D eigenvalue weighted by Gasteiger charge is 2.23. The Labute approximate surface area is 115 Å². The minimum absolute atomic E-state index is 0.620. The van der Waals surface area contributed by atoms with E-state index in [0.29, 0.717) is 5.92 Å². The number of para-hydroxylation sites is 1. The first-order valence-electron chi connectivity index (χ1n) is 6.64. The van der Waals surface area contributed by atoms with E-state index in [1.807, 2.05) is 0 Å². The molecule has 1 aliphatic heterocycles. The van der Waals surface area contributed by atoms with Crippen LogP contribution >= 0.6 is 9.58 Å². The highest BCUT2D eigenvalue weighted by Crippen LogP contribution is 2.35. The molecule has 1 aromatic carbocycles. The lowest BCUT2D eigenvalue weighted by atomic mass is 9.90. The average molecular weight is 275 g/mol. The van der Waals surface area contributed by atoms with E-state index in [9.17, 15) is 0 Å². The lowest BCUT2D eigenvalue weighted by Crippen LogP contribution is -2.32. The smallest absolute Gasteiger partial charge is 0.0456 e. The van der Waals surface area contributed by atoms with Crippen LogP contribution in [0.4, 0.5) is 0 Å². The van der Waals surface area contributed by atoms with Crippen LogP contribution in [0.25, 0.3) is 10.9 Å². The van der Waals surface area contributed by atoms with E-state index >= 15 is 0 Å². The third-order valence-electron chi connectivity index (χ3n) is 4.03. The van der Waals surface area contributed by atoms with Gasteiger partial charge in [-0.3, -0.25) is 9.44 Å². The molecule has 1 fully saturated rings. The van der Waals surface area contributed by atoms with Crippen LogP contribution in [-0.2, 0) is 0 Å². The quantitative estimate of drug-likeness (QED) is 0.828. The molecule has 0 aliphatic carbocycles. The Morgan fingerprint density at radius 3 is 2.58 bits per heavy atom. The van der Waals surface area contributed by atoms with Gasteiger partial charge in [0.1, 0.15) is 0 Å². The van der Waals surface area contributed by atoms with Crippen molar-refractivity contribution in [1.82, 2.24) is 9.29 Å². The third kappa shape index (κ3) is 2.43. The number of rotatable bonds is 2. The molecule has 0 saturated carbocycles. The Hall–Kier alpha value is -1.23. The zero-order valence-corrected chi connectivity index (χ0v) is 12.0. The summed E-state index contributed by atoms with van der Waals surface area (Å²) in [4.78, 5) is 3.37. The predicted molar refractivity (Wildman–Crippen MR) is 87.9 cm³/mol. The number of H-pyrrole nitrogens is 1. The fourth-order valence-corrected chi connectivity index (χ4v) is 3.90. The molecule has 1 aromatic heterocycles. The molecule has 3 N–H and O–H groups in total. The topological polar surface area (TPSA) is 45.0 Å². The molecule has 2 aromatic rings. The van der Waals surface area contributed by atoms with Gasteiger partial charge in [0.25, 0.3) is 0 Å². The second-order valence-electron chi connectivity index (χ2n) is 5.39. The van der Waals surface area contributed by atoms with Crippen molar-refractivity contribution >= 4 is 32.2 Å². The molecular weight excluding hydrogens is 254 g/mol. The van der Waals surface area contributed by atoms with Gasteiger partial charge in [-0.25, -0.2) is 0 Å². The van der Waals surface area contributed by atoms with Crippen LogP contribution in [0.5, 0.6) is 0 Å². The van der Waals surface area contributed by atoms with Gasteiger partial charge < -0.3 is 4.98 Å². The van der Waals surface area contributed by atoms with Gasteiger partial charge in [-0.1, -0.05) is 29.9 Å². The van der Waals surface area contributed by atoms with Crippen molar-refractivity contribution < 1.29 is 0 Å². The van der Waals surface area contributed by atoms with Crippen LogP contribution < -0.4 is 5.14 Å². The first-order valence-corrected chi connectivity index (χ1v) is 8.63. The normalized spacial score (nSPS) is 19.0. The van der Waals surface area contributed by atoms with E-state index < -0.39 is 9.58 Å². The molecular formula is C15H21N3S. The van der Waals surface area contributed by atoms with Gasteiger partial charge in [-0.2, -0.15) is 0 Å². The molecule has 0 spiro atoms. The number of aromatic nitrogens is 1. The fourth-order valence-electron chi connectivity index (χ4n) is 2.96. The van der Waals surface area contributed by atoms with Crippen molar-refractivity contribution in [3.05, 3.63) is 36.0 Å². The van der Waals surface area contributed by atoms with E-state index in [4.69, 9.17) is 5.14 Å². The summed E-state index contributed by atoms with van der Waals surface area (Å²) in [6.07, 6.45) is 4.44. The van der Waals surface area contributed by atoms with Crippen LogP contribution in [0.2, 0.25) is 0 Å². The minimum Gasteiger partial charge on any atom is -0.361 e. The number of nitrogens with two attached hydrogens (primary N) is 1. The van der Waals surface area contributed by atoms with E-state index in [1.54, 1.807) is 0 Å². The highest BCUT2D eigenvalue weighted by molar-refractivity contribution is 8.24. The van der Waals surface area contributed by atoms with Crippen LogP contribution in [0.3, 0.4) is 0 Å². The van der Waals surface area contributed by atoms with Gasteiger partial charge in [0.15, 0.2) is 0 Å². The summed E-state index contributed by atoms with van der Waals surface area (Å²) in [6, 6.07) is 8.52. The van der Waals surface area contributed by atoms with Crippen LogP contribution in [0.1, 0.15) is 24.3 Å². The van der Waals surface area contributed by atoms with Gasteiger partial charge in [0.2, 0.25) is 0 Å². The van der Waals surface area contributed by atoms with E-state index in [1.165, 1.54) is 16.5 Å². The SMILES string of the molecule is C=S(=C)(N)N1CCC(c2c[nH]c3ccccc23)CC1. The van der Waals surface area contributed by atoms with Gasteiger partial charge in [0, 0.05) is 30.2 Å². The minimum atomic E-state index is -1.54. The molecule has 3 nitrogen and oxygen atoms in total. The Balaban J connectivity index is 1.82. The van der Waals surface area contributed by atoms with Gasteiger partial charge in [0.05, 0.1) is 0 Å². The Morgan fingerprint density at radius 2 is 1.89 bits per heavy atom. The number of nitrogens with zero attached hydrogens (tertiary/aromatic N) is 1. The predicted octanol–water partition coefficient (Wildman–Crippen LogP) is 2.80. The molecule has 0 amide bonds. The lowest BCUT2D eigenvalue weighted by molar-refractivity contribution is 0.345. The highest BCUT2D eigenvalue weighted by atomic mass is 32.2. The fraction of sp³-hybridized carbons (Fsp3) is 0.333. The number of benzene rings is 1. The maximum Gasteiger partial charge on any atom is 0.0456 e. The number of aromatic amines is 1. The van der Waals surface area contributed by atoms with Crippen molar-refractivity contribution in [1.29, 1.82) is 0 Å². The molecule has 0 atom stereocenters. The zero-order chi connectivity index (χ0) is 13.5. The van der Waals surface area contributed by atoms with Crippen LogP contribution in [-0.4, -0.2) is 34.1 Å². The number of piperidine rings is 1. The van der Waals surface area contributed by atoms with E-state index in [-0.39, 0.29) is 0 Å². The standard InChI is InChI=1S/C15H21N3S/c1-19(2,16)18-9-7-12(8-10-18)14-11-17-15-6-4-3-5-13(14)15/h3-6,11-12,17H,1-2,7-10,16H2. The Kier molecular flexibility index (Phi) is 3.17. The van der Waals surface area contributed by atoms with Crippen molar-refractivity contribution in [2.24, 2.45) is 5.14 Å². The Bertz CT molecular complexity index is 676. The number of nitrogens with one attached hydrogen (secondary N) is 1. The largest absolute Gasteiger partial charge is 0.361 e. The Morgan fingerprint density at radius 1 is 1.21 bits per heavy atom. The van der Waals surface area contributed by atoms with E-state index in [2.05, 4.69) is 51.5 Å². The van der Waals surface area contributed by atoms with E-state index in [0.717, 1.165) is 25.9 Å². The summed E-state index contributed by atoms with van der Waals surface area (Å²) < 4.78 is 2.25. The average Bonchev–Trinajstić information content (AvgIpc) is 2.82. The first-order chi connectivity index (χ1) is 9.05. The summed E-state index contributed by atoms with van der Waals surface area (Å²) in [5.74, 6) is 8.62. The van der Waals surface area contributed by atoms with Crippen LogP contribution in [0.15, 0.2) is 30.5 Å². The number of fused-ring (bicyclic) bond motifs is 1. The molecule has 0 bridgehead atoms. The second kappa shape index (κ2) is 4.71. The summed E-state index contributed by atoms with van der Waals surface area (Å²) >= 11 is 0. The monoisotopic (exact) mass is 275 g/mol. The zero-order valence-electron chi connectivity index (χ0n) is 11.1. The lowest BCUT2D eigenvalue weighted by Gasteiger charge is -2.35. The molecule has 1 saturated heterocycles. The molecule has 2 heterocycles. The molecule has 4 heteroatoms. The molecule has 102 valence electrons. The van der Waals surface area contributed by atoms with Crippen LogP contribution in [0, 0.1) is 0 Å². The summed E-state index contributed by atoms with van der Waals surface area (Å²) in [6.45, 7) is 2.01. The number of hydrogen-bond donors (Lipinski definition) is 2. The van der Waals surface area contributed by atoms with Gasteiger partial charge >= 0.3 is 0 Å². The number of hydrogen-bond acceptors (Lipinski definition) is 2. The molecule has 1 aliphatic rings. The van der Waals surface area contributed by atoms with Crippen molar-refractivity contribution in [3.8, 4) is 0 Å². The first kappa shape index (κ1) is 12.8. The van der Waals surface area contributed by atoms with Crippen molar-refractivity contribution in [2.75, 3.05) is 13.1 Å². The molecule has 3 rings (SSSR count). The maximum atomic E-state index is 6.05.